The van der Waals surface area contributed by atoms with Gasteiger partial charge in [-0.2, -0.15) is 0 Å². The van der Waals surface area contributed by atoms with Gasteiger partial charge >= 0.3 is 6.09 Å². The molecule has 1 saturated heterocycles. The van der Waals surface area contributed by atoms with Gasteiger partial charge in [0.15, 0.2) is 5.78 Å². The lowest BCUT2D eigenvalue weighted by atomic mass is 9.64. The molecule has 0 unspecified atom stereocenters. The summed E-state index contributed by atoms with van der Waals surface area (Å²) in [7, 11) is 0. The molecule has 3 aliphatic carbocycles. The number of allylic oxidation sites excluding steroid dienone is 2. The van der Waals surface area contributed by atoms with Gasteiger partial charge in [-0.05, 0) is 91.3 Å². The van der Waals surface area contributed by atoms with Gasteiger partial charge in [0, 0.05) is 23.1 Å². The standard InChI is InChI=1S/C41H43NO4/c1-28-10-9-22-40(2)37(35-20-18-29(24-33(43)19-17-28)25-36(35)38(44)31-12-4-3-5-13-31)21-23-41(40)27-42(39(45)46-41)26-32-15-8-14-30-11-6-7-16-34(30)32/h3-8,10-16,18,20,25,33,37,43H,9,17,19,21-24,26-27H2,1-2H3/t33-,37-,40-,41+/m0/s1. The summed E-state index contributed by atoms with van der Waals surface area (Å²) in [5.74, 6) is 0.0233. The zero-order valence-electron chi connectivity index (χ0n) is 26.9. The van der Waals surface area contributed by atoms with E-state index in [0.29, 0.717) is 37.1 Å². The maximum Gasteiger partial charge on any atom is 0.410 e. The molecule has 5 heteroatoms. The van der Waals surface area contributed by atoms with Crippen molar-refractivity contribution in [3.63, 3.8) is 0 Å². The first kappa shape index (κ1) is 30.4. The summed E-state index contributed by atoms with van der Waals surface area (Å²) < 4.78 is 6.56. The van der Waals surface area contributed by atoms with E-state index < -0.39 is 17.1 Å². The molecule has 0 aromatic heterocycles. The van der Waals surface area contributed by atoms with Crippen LogP contribution in [0.25, 0.3) is 10.8 Å². The van der Waals surface area contributed by atoms with E-state index in [1.165, 1.54) is 5.57 Å². The molecule has 8 rings (SSSR count). The Balaban J connectivity index is 1.29. The van der Waals surface area contributed by atoms with Crippen molar-refractivity contribution in [3.05, 3.63) is 130 Å². The van der Waals surface area contributed by atoms with E-state index in [0.717, 1.165) is 59.6 Å². The Hall–Kier alpha value is -4.22. The predicted octanol–water partition coefficient (Wildman–Crippen LogP) is 8.77. The molecule has 46 heavy (non-hydrogen) atoms. The van der Waals surface area contributed by atoms with Crippen molar-refractivity contribution >= 4 is 22.6 Å². The first-order valence-corrected chi connectivity index (χ1v) is 16.8. The third-order valence-corrected chi connectivity index (χ3v) is 11.1. The molecule has 1 saturated carbocycles. The van der Waals surface area contributed by atoms with Crippen LogP contribution in [0.4, 0.5) is 4.79 Å². The molecule has 4 atom stereocenters. The van der Waals surface area contributed by atoms with Crippen molar-refractivity contribution in [2.24, 2.45) is 5.41 Å². The van der Waals surface area contributed by atoms with E-state index in [1.54, 1.807) is 0 Å². The molecule has 1 aliphatic heterocycles. The molecule has 5 nitrogen and oxygen atoms in total. The Bertz CT molecular complexity index is 1810. The zero-order chi connectivity index (χ0) is 31.9. The van der Waals surface area contributed by atoms with Crippen molar-refractivity contribution in [3.8, 4) is 0 Å². The Morgan fingerprint density at radius 1 is 0.957 bits per heavy atom. The molecule has 1 heterocycles. The minimum atomic E-state index is -0.667. The molecule has 1 amide bonds. The van der Waals surface area contributed by atoms with Gasteiger partial charge in [0.05, 0.1) is 12.6 Å². The summed E-state index contributed by atoms with van der Waals surface area (Å²) in [5.41, 5.74) is 4.67. The quantitative estimate of drug-likeness (QED) is 0.185. The van der Waals surface area contributed by atoms with Crippen LogP contribution in [0.5, 0.6) is 0 Å². The molecule has 0 radical (unpaired) electrons. The van der Waals surface area contributed by atoms with Gasteiger partial charge in [-0.25, -0.2) is 4.79 Å². The number of aliphatic hydroxyl groups excluding tert-OH is 1. The highest BCUT2D eigenvalue weighted by molar-refractivity contribution is 6.10. The number of nitrogens with zero attached hydrogens (tertiary/aromatic N) is 1. The highest BCUT2D eigenvalue weighted by Gasteiger charge is 2.64. The lowest BCUT2D eigenvalue weighted by molar-refractivity contribution is -0.0373. The smallest absolute Gasteiger partial charge is 0.410 e. The number of rotatable bonds is 4. The first-order chi connectivity index (χ1) is 22.3. The minimum Gasteiger partial charge on any atom is -0.440 e. The van der Waals surface area contributed by atoms with Gasteiger partial charge in [-0.1, -0.05) is 104 Å². The lowest BCUT2D eigenvalue weighted by Crippen LogP contribution is -2.48. The second-order valence-electron chi connectivity index (χ2n) is 14.0. The third kappa shape index (κ3) is 5.45. The summed E-state index contributed by atoms with van der Waals surface area (Å²) in [4.78, 5) is 29.8. The Morgan fingerprint density at radius 2 is 1.74 bits per heavy atom. The van der Waals surface area contributed by atoms with Gasteiger partial charge in [0.2, 0.25) is 0 Å². The molecule has 2 fully saturated rings. The van der Waals surface area contributed by atoms with E-state index >= 15 is 0 Å². The van der Waals surface area contributed by atoms with Crippen LogP contribution in [0.15, 0.2) is 103 Å². The normalized spacial score (nSPS) is 26.5. The lowest BCUT2D eigenvalue weighted by Gasteiger charge is -2.43. The van der Waals surface area contributed by atoms with Gasteiger partial charge in [0.25, 0.3) is 0 Å². The van der Waals surface area contributed by atoms with Crippen LogP contribution in [-0.4, -0.2) is 40.1 Å². The molecular formula is C41H43NO4. The molecular weight excluding hydrogens is 570 g/mol. The first-order valence-electron chi connectivity index (χ1n) is 16.8. The molecule has 4 aliphatic rings. The van der Waals surface area contributed by atoms with Crippen LogP contribution < -0.4 is 0 Å². The summed E-state index contributed by atoms with van der Waals surface area (Å²) in [6.07, 6.45) is 6.83. The number of fused-ring (bicyclic) bond motifs is 9. The predicted molar refractivity (Wildman–Crippen MR) is 182 cm³/mol. The van der Waals surface area contributed by atoms with Crippen LogP contribution in [0.2, 0.25) is 0 Å². The van der Waals surface area contributed by atoms with Crippen molar-refractivity contribution in [1.29, 1.82) is 0 Å². The maximum atomic E-state index is 14.2. The highest BCUT2D eigenvalue weighted by atomic mass is 16.6. The van der Waals surface area contributed by atoms with Crippen molar-refractivity contribution in [2.45, 2.75) is 83.0 Å². The largest absolute Gasteiger partial charge is 0.440 e. The Morgan fingerprint density at radius 3 is 2.59 bits per heavy atom. The van der Waals surface area contributed by atoms with E-state index in [1.807, 2.05) is 53.4 Å². The molecule has 1 N–H and O–H groups in total. The zero-order valence-corrected chi connectivity index (χ0v) is 26.9. The fourth-order valence-corrected chi connectivity index (χ4v) is 8.49. The summed E-state index contributed by atoms with van der Waals surface area (Å²) in [5, 5.41) is 13.2. The van der Waals surface area contributed by atoms with Crippen LogP contribution >= 0.6 is 0 Å². The Kier molecular flexibility index (Phi) is 8.06. The van der Waals surface area contributed by atoms with Gasteiger partial charge in [0.1, 0.15) is 5.60 Å². The fraction of sp³-hybridized carbons (Fsp3) is 0.366. The van der Waals surface area contributed by atoms with Crippen molar-refractivity contribution in [1.82, 2.24) is 4.90 Å². The average Bonchev–Trinajstić information content (AvgIpc) is 3.53. The number of ketones is 1. The van der Waals surface area contributed by atoms with Crippen molar-refractivity contribution in [2.75, 3.05) is 6.54 Å². The Labute approximate surface area is 271 Å². The van der Waals surface area contributed by atoms with Crippen LogP contribution in [0, 0.1) is 5.41 Å². The van der Waals surface area contributed by atoms with Gasteiger partial charge in [-0.15, -0.1) is 0 Å². The summed E-state index contributed by atoms with van der Waals surface area (Å²) >= 11 is 0. The SMILES string of the molecule is CC1=CCC[C@@]2(C)[C@@H](CC[C@@]23CN(Cc2cccc4ccccc24)C(=O)O3)c2ccc(cc2C(=O)c2ccccc2)C[C@@H](O)CC1. The number of aliphatic hydroxyl groups is 1. The number of carbonyl (C=O) groups is 2. The molecule has 1 spiro atoms. The fourth-order valence-electron chi connectivity index (χ4n) is 8.49. The maximum absolute atomic E-state index is 14.2. The van der Waals surface area contributed by atoms with Gasteiger partial charge < -0.3 is 9.84 Å². The van der Waals surface area contributed by atoms with E-state index in [9.17, 15) is 14.7 Å². The number of benzene rings is 4. The highest BCUT2D eigenvalue weighted by Crippen LogP contribution is 2.62. The molecule has 4 aromatic rings. The number of ether oxygens (including phenoxy) is 1. The second-order valence-corrected chi connectivity index (χ2v) is 14.0. The van der Waals surface area contributed by atoms with Crippen LogP contribution in [-0.2, 0) is 17.7 Å². The minimum absolute atomic E-state index is 0.000858. The van der Waals surface area contributed by atoms with Gasteiger partial charge in [-0.3, -0.25) is 9.69 Å². The number of carbonyl (C=O) groups excluding carboxylic acids is 2. The van der Waals surface area contributed by atoms with E-state index in [-0.39, 0.29) is 17.8 Å². The van der Waals surface area contributed by atoms with Crippen LogP contribution in [0.3, 0.4) is 0 Å². The number of hydrogen-bond donors (Lipinski definition) is 1. The van der Waals surface area contributed by atoms with Crippen LogP contribution in [0.1, 0.15) is 90.9 Å². The van der Waals surface area contributed by atoms with E-state index in [2.05, 4.69) is 62.4 Å². The monoisotopic (exact) mass is 613 g/mol. The number of amides is 1. The molecule has 4 aromatic carbocycles. The third-order valence-electron chi connectivity index (χ3n) is 11.1. The molecule has 2 bridgehead atoms. The average molecular weight is 614 g/mol. The van der Waals surface area contributed by atoms with Crippen molar-refractivity contribution < 1.29 is 19.4 Å². The van der Waals surface area contributed by atoms with E-state index in [4.69, 9.17) is 4.74 Å². The summed E-state index contributed by atoms with van der Waals surface area (Å²) in [6, 6.07) is 30.3. The number of hydrogen-bond acceptors (Lipinski definition) is 4. The molecule has 236 valence electrons. The topological polar surface area (TPSA) is 66.8 Å². The summed E-state index contributed by atoms with van der Waals surface area (Å²) in [6.45, 7) is 5.46. The second kappa shape index (κ2) is 12.2.